The molecule has 1 fully saturated rings. The number of aliphatic hydroxyl groups excluding tert-OH is 1. The van der Waals surface area contributed by atoms with Crippen molar-refractivity contribution in [3.63, 3.8) is 0 Å². The van der Waals surface area contributed by atoms with E-state index in [1.807, 2.05) is 13.8 Å². The predicted molar refractivity (Wildman–Crippen MR) is 59.4 cm³/mol. The van der Waals surface area contributed by atoms with Crippen molar-refractivity contribution in [3.8, 4) is 0 Å². The quantitative estimate of drug-likeness (QED) is 0.623. The summed E-state index contributed by atoms with van der Waals surface area (Å²) in [6.07, 6.45) is 0.740. The van der Waals surface area contributed by atoms with Gasteiger partial charge < -0.3 is 15.7 Å². The highest BCUT2D eigenvalue weighted by molar-refractivity contribution is 5.80. The van der Waals surface area contributed by atoms with E-state index >= 15 is 0 Å². The number of amides is 1. The Balaban J connectivity index is 2.54. The minimum atomic E-state index is -0.473. The second-order valence-electron chi connectivity index (χ2n) is 4.80. The van der Waals surface area contributed by atoms with Crippen molar-refractivity contribution in [2.75, 3.05) is 19.7 Å². The fraction of sp³-hybridized carbons (Fsp3) is 0.909. The largest absolute Gasteiger partial charge is 0.394 e. The number of hydrogen-bond donors (Lipinski definition) is 3. The van der Waals surface area contributed by atoms with Crippen LogP contribution in [0, 0.1) is 11.8 Å². The van der Waals surface area contributed by atoms with Gasteiger partial charge in [-0.2, -0.15) is 0 Å². The van der Waals surface area contributed by atoms with Gasteiger partial charge >= 0.3 is 0 Å². The van der Waals surface area contributed by atoms with Crippen LogP contribution in [0.4, 0.5) is 0 Å². The summed E-state index contributed by atoms with van der Waals surface area (Å²) in [5.41, 5.74) is -0.473. The highest BCUT2D eigenvalue weighted by Gasteiger charge is 2.33. The van der Waals surface area contributed by atoms with Crippen LogP contribution in [-0.2, 0) is 4.79 Å². The van der Waals surface area contributed by atoms with Gasteiger partial charge in [-0.25, -0.2) is 0 Å². The lowest BCUT2D eigenvalue weighted by Gasteiger charge is -2.29. The Morgan fingerprint density at radius 3 is 2.67 bits per heavy atom. The van der Waals surface area contributed by atoms with Gasteiger partial charge in [-0.1, -0.05) is 13.8 Å². The summed E-state index contributed by atoms with van der Waals surface area (Å²) in [5.74, 6) is 0.484. The number of nitrogens with one attached hydrogen (secondary N) is 2. The van der Waals surface area contributed by atoms with E-state index in [1.54, 1.807) is 0 Å². The fourth-order valence-electron chi connectivity index (χ4n) is 1.79. The Kier molecular flexibility index (Phi) is 4.11. The summed E-state index contributed by atoms with van der Waals surface area (Å²) in [6, 6.07) is 0. The second kappa shape index (κ2) is 4.94. The van der Waals surface area contributed by atoms with Crippen molar-refractivity contribution in [1.82, 2.24) is 10.6 Å². The molecule has 0 aromatic heterocycles. The molecule has 1 saturated heterocycles. The molecular formula is C11H22N2O2. The van der Waals surface area contributed by atoms with Crippen molar-refractivity contribution in [2.45, 2.75) is 32.7 Å². The molecular weight excluding hydrogens is 192 g/mol. The maximum absolute atomic E-state index is 11.9. The first-order valence-electron chi connectivity index (χ1n) is 5.66. The van der Waals surface area contributed by atoms with Crippen LogP contribution in [0.3, 0.4) is 0 Å². The van der Waals surface area contributed by atoms with E-state index in [0.717, 1.165) is 19.5 Å². The van der Waals surface area contributed by atoms with Gasteiger partial charge in [0.05, 0.1) is 18.1 Å². The molecule has 88 valence electrons. The van der Waals surface area contributed by atoms with Crippen molar-refractivity contribution in [2.24, 2.45) is 11.8 Å². The molecule has 0 aliphatic carbocycles. The van der Waals surface area contributed by atoms with Crippen LogP contribution < -0.4 is 10.6 Å². The highest BCUT2D eigenvalue weighted by atomic mass is 16.3. The third kappa shape index (κ3) is 2.92. The van der Waals surface area contributed by atoms with E-state index in [1.165, 1.54) is 0 Å². The Bertz CT molecular complexity index is 227. The van der Waals surface area contributed by atoms with Crippen LogP contribution in [0.1, 0.15) is 27.2 Å². The van der Waals surface area contributed by atoms with E-state index in [-0.39, 0.29) is 18.4 Å². The van der Waals surface area contributed by atoms with Crippen LogP contribution in [0.15, 0.2) is 0 Å². The van der Waals surface area contributed by atoms with Crippen molar-refractivity contribution >= 4 is 5.91 Å². The standard InChI is InChI=1S/C11H22N2O2/c1-4-11(3,7-14)13-10(15)9-6-12-5-8(9)2/h8-9,12,14H,4-7H2,1-3H3,(H,13,15)/t8-,9-,11?/m1/s1. The lowest BCUT2D eigenvalue weighted by molar-refractivity contribution is -0.127. The summed E-state index contributed by atoms with van der Waals surface area (Å²) in [6.45, 7) is 7.55. The molecule has 0 aromatic carbocycles. The zero-order valence-corrected chi connectivity index (χ0v) is 9.84. The smallest absolute Gasteiger partial charge is 0.225 e. The fourth-order valence-corrected chi connectivity index (χ4v) is 1.79. The van der Waals surface area contributed by atoms with Crippen molar-refractivity contribution in [3.05, 3.63) is 0 Å². The molecule has 1 heterocycles. The lowest BCUT2D eigenvalue weighted by Crippen LogP contribution is -2.51. The molecule has 0 spiro atoms. The number of aliphatic hydroxyl groups is 1. The molecule has 0 radical (unpaired) electrons. The summed E-state index contributed by atoms with van der Waals surface area (Å²) in [4.78, 5) is 11.9. The SMILES string of the molecule is CCC(C)(CO)NC(=O)[C@@H]1CNC[C@H]1C. The van der Waals surface area contributed by atoms with E-state index in [0.29, 0.717) is 5.92 Å². The zero-order valence-electron chi connectivity index (χ0n) is 9.84. The third-order valence-corrected chi connectivity index (χ3v) is 3.41. The first-order valence-corrected chi connectivity index (χ1v) is 5.66. The predicted octanol–water partition coefficient (Wildman–Crippen LogP) is 0.119. The minimum Gasteiger partial charge on any atom is -0.394 e. The van der Waals surface area contributed by atoms with E-state index in [2.05, 4.69) is 17.6 Å². The highest BCUT2D eigenvalue weighted by Crippen LogP contribution is 2.18. The molecule has 0 aromatic rings. The van der Waals surface area contributed by atoms with Gasteiger partial charge in [0.2, 0.25) is 5.91 Å². The Morgan fingerprint density at radius 1 is 1.60 bits per heavy atom. The van der Waals surface area contributed by atoms with Crippen LogP contribution >= 0.6 is 0 Å². The third-order valence-electron chi connectivity index (χ3n) is 3.41. The first kappa shape index (κ1) is 12.5. The number of hydrogen-bond acceptors (Lipinski definition) is 3. The van der Waals surface area contributed by atoms with E-state index in [9.17, 15) is 9.90 Å². The first-order chi connectivity index (χ1) is 7.02. The van der Waals surface area contributed by atoms with Crippen LogP contribution in [0.2, 0.25) is 0 Å². The Morgan fingerprint density at radius 2 is 2.27 bits per heavy atom. The van der Waals surface area contributed by atoms with Crippen molar-refractivity contribution < 1.29 is 9.90 Å². The van der Waals surface area contributed by atoms with Gasteiger partial charge in [0.15, 0.2) is 0 Å². The molecule has 0 saturated carbocycles. The molecule has 1 aliphatic heterocycles. The number of rotatable bonds is 4. The summed E-state index contributed by atoms with van der Waals surface area (Å²) < 4.78 is 0. The average molecular weight is 214 g/mol. The number of carbonyl (C=O) groups is 1. The molecule has 1 rings (SSSR count). The maximum atomic E-state index is 11.9. The molecule has 4 heteroatoms. The Labute approximate surface area is 91.4 Å². The van der Waals surface area contributed by atoms with Gasteiger partial charge in [0.25, 0.3) is 0 Å². The molecule has 1 unspecified atom stereocenters. The van der Waals surface area contributed by atoms with E-state index in [4.69, 9.17) is 0 Å². The second-order valence-corrected chi connectivity index (χ2v) is 4.80. The maximum Gasteiger partial charge on any atom is 0.225 e. The minimum absolute atomic E-state index is 0.0101. The van der Waals surface area contributed by atoms with Gasteiger partial charge in [-0.3, -0.25) is 4.79 Å². The summed E-state index contributed by atoms with van der Waals surface area (Å²) in [7, 11) is 0. The molecule has 3 N–H and O–H groups in total. The molecule has 3 atom stereocenters. The van der Waals surface area contributed by atoms with Crippen molar-refractivity contribution in [1.29, 1.82) is 0 Å². The van der Waals surface area contributed by atoms with Gasteiger partial charge in [0.1, 0.15) is 0 Å². The van der Waals surface area contributed by atoms with Gasteiger partial charge in [-0.05, 0) is 25.8 Å². The topological polar surface area (TPSA) is 61.4 Å². The van der Waals surface area contributed by atoms with Gasteiger partial charge in [-0.15, -0.1) is 0 Å². The van der Waals surface area contributed by atoms with E-state index < -0.39 is 5.54 Å². The molecule has 0 bridgehead atoms. The summed E-state index contributed by atoms with van der Waals surface area (Å²) in [5, 5.41) is 15.4. The molecule has 15 heavy (non-hydrogen) atoms. The molecule has 1 aliphatic rings. The van der Waals surface area contributed by atoms with Crippen LogP contribution in [0.5, 0.6) is 0 Å². The molecule has 4 nitrogen and oxygen atoms in total. The average Bonchev–Trinajstić information content (AvgIpc) is 2.64. The summed E-state index contributed by atoms with van der Waals surface area (Å²) >= 11 is 0. The number of carbonyl (C=O) groups excluding carboxylic acids is 1. The monoisotopic (exact) mass is 214 g/mol. The van der Waals surface area contributed by atoms with Gasteiger partial charge in [0, 0.05) is 6.54 Å². The lowest BCUT2D eigenvalue weighted by atomic mass is 9.94. The normalized spacial score (nSPS) is 29.9. The van der Waals surface area contributed by atoms with Crippen LogP contribution in [-0.4, -0.2) is 36.2 Å². The molecule has 1 amide bonds. The zero-order chi connectivity index (χ0) is 11.5. The van der Waals surface area contributed by atoms with Crippen LogP contribution in [0.25, 0.3) is 0 Å². The Hall–Kier alpha value is -0.610.